The quantitative estimate of drug-likeness (QED) is 0.598. The Hall–Kier alpha value is -3.39. The fourth-order valence-electron chi connectivity index (χ4n) is 3.23. The lowest BCUT2D eigenvalue weighted by Gasteiger charge is -2.17. The fourth-order valence-corrected chi connectivity index (χ4v) is 3.23. The van der Waals surface area contributed by atoms with Crippen LogP contribution in [0, 0.1) is 12.8 Å². The van der Waals surface area contributed by atoms with Crippen LogP contribution in [0.5, 0.6) is 5.75 Å². The van der Waals surface area contributed by atoms with E-state index in [9.17, 15) is 19.5 Å². The van der Waals surface area contributed by atoms with Gasteiger partial charge >= 0.3 is 0 Å². The number of nitrogens with one attached hydrogen (secondary N) is 2. The second-order valence-corrected chi connectivity index (χ2v) is 7.70. The van der Waals surface area contributed by atoms with E-state index >= 15 is 0 Å². The highest BCUT2D eigenvalue weighted by molar-refractivity contribution is 6.00. The Morgan fingerprint density at radius 3 is 2.48 bits per heavy atom. The lowest BCUT2D eigenvalue weighted by Crippen LogP contribution is -2.36. The van der Waals surface area contributed by atoms with Crippen LogP contribution in [0.3, 0.4) is 0 Å². The molecule has 1 aliphatic heterocycles. The molecule has 31 heavy (non-hydrogen) atoms. The molecule has 2 aromatic carbocycles. The second-order valence-electron chi connectivity index (χ2n) is 7.70. The molecule has 3 N–H and O–H groups in total. The van der Waals surface area contributed by atoms with Crippen molar-refractivity contribution in [2.75, 3.05) is 29.9 Å². The topological polar surface area (TPSA) is 108 Å². The summed E-state index contributed by atoms with van der Waals surface area (Å²) in [6.07, 6.45) is -0.507. The van der Waals surface area contributed by atoms with Crippen molar-refractivity contribution in [3.05, 3.63) is 54.1 Å². The number of carbonyl (C=O) groups excluding carboxylic acids is 3. The molecule has 0 unspecified atom stereocenters. The Balaban J connectivity index is 1.50. The number of carbonyl (C=O) groups is 3. The molecule has 3 amide bonds. The average molecular weight is 425 g/mol. The summed E-state index contributed by atoms with van der Waals surface area (Å²) in [5, 5.41) is 14.7. The number of aryl methyl sites for hydroxylation is 1. The molecule has 1 saturated heterocycles. The van der Waals surface area contributed by atoms with Crippen LogP contribution in [0.4, 0.5) is 11.4 Å². The zero-order valence-electron chi connectivity index (χ0n) is 17.6. The van der Waals surface area contributed by atoms with Crippen LogP contribution in [-0.2, 0) is 14.4 Å². The summed E-state index contributed by atoms with van der Waals surface area (Å²) >= 11 is 0. The van der Waals surface area contributed by atoms with E-state index in [0.717, 1.165) is 5.56 Å². The third-order valence-corrected chi connectivity index (χ3v) is 4.92. The third-order valence-electron chi connectivity index (χ3n) is 4.92. The van der Waals surface area contributed by atoms with Crippen molar-refractivity contribution < 1.29 is 24.2 Å². The first kappa shape index (κ1) is 22.3. The molecule has 0 aromatic heterocycles. The Morgan fingerprint density at radius 1 is 1.16 bits per heavy atom. The molecule has 2 aromatic rings. The number of rotatable bonds is 8. The summed E-state index contributed by atoms with van der Waals surface area (Å²) in [6, 6.07) is 14.3. The highest BCUT2D eigenvalue weighted by Crippen LogP contribution is 2.27. The summed E-state index contributed by atoms with van der Waals surface area (Å²) < 4.78 is 5.52. The van der Waals surface area contributed by atoms with Gasteiger partial charge < -0.3 is 25.4 Å². The molecular formula is C23H27N3O5. The maximum absolute atomic E-state index is 12.3. The van der Waals surface area contributed by atoms with Crippen molar-refractivity contribution in [2.24, 2.45) is 5.92 Å². The van der Waals surface area contributed by atoms with E-state index in [4.69, 9.17) is 4.74 Å². The largest absolute Gasteiger partial charge is 0.484 e. The van der Waals surface area contributed by atoms with Crippen molar-refractivity contribution in [2.45, 2.75) is 26.4 Å². The Labute approximate surface area is 181 Å². The van der Waals surface area contributed by atoms with E-state index in [-0.39, 0.29) is 43.8 Å². The number of amides is 3. The van der Waals surface area contributed by atoms with Crippen LogP contribution in [0.2, 0.25) is 0 Å². The molecule has 0 radical (unpaired) electrons. The number of hydrogen-bond acceptors (Lipinski definition) is 5. The molecule has 0 saturated carbocycles. The summed E-state index contributed by atoms with van der Waals surface area (Å²) in [6.45, 7) is 3.86. The number of hydrogen-bond donors (Lipinski definition) is 3. The van der Waals surface area contributed by atoms with Crippen molar-refractivity contribution in [1.82, 2.24) is 5.32 Å². The smallest absolute Gasteiger partial charge is 0.262 e. The van der Waals surface area contributed by atoms with E-state index < -0.39 is 12.0 Å². The second kappa shape index (κ2) is 10.1. The molecule has 8 nitrogen and oxygen atoms in total. The minimum atomic E-state index is -0.635. The number of anilines is 2. The van der Waals surface area contributed by atoms with Gasteiger partial charge in [0, 0.05) is 30.9 Å². The molecule has 1 aliphatic rings. The predicted molar refractivity (Wildman–Crippen MR) is 117 cm³/mol. The normalized spacial score (nSPS) is 16.7. The van der Waals surface area contributed by atoms with E-state index in [1.165, 1.54) is 0 Å². The minimum absolute atomic E-state index is 0.128. The molecular weight excluding hydrogens is 398 g/mol. The maximum atomic E-state index is 12.3. The molecule has 0 aliphatic carbocycles. The van der Waals surface area contributed by atoms with Crippen molar-refractivity contribution in [1.29, 1.82) is 0 Å². The number of aliphatic hydroxyl groups is 1. The zero-order chi connectivity index (χ0) is 22.4. The Bertz CT molecular complexity index is 925. The summed E-state index contributed by atoms with van der Waals surface area (Å²) in [5.41, 5.74) is 2.47. The lowest BCUT2D eigenvalue weighted by molar-refractivity contribution is -0.126. The highest BCUT2D eigenvalue weighted by atomic mass is 16.5. The van der Waals surface area contributed by atoms with E-state index in [1.54, 1.807) is 36.1 Å². The van der Waals surface area contributed by atoms with Crippen LogP contribution in [0.25, 0.3) is 0 Å². The van der Waals surface area contributed by atoms with Crippen LogP contribution in [0.1, 0.15) is 18.9 Å². The van der Waals surface area contributed by atoms with Gasteiger partial charge in [-0.3, -0.25) is 14.4 Å². The molecule has 164 valence electrons. The van der Waals surface area contributed by atoms with Gasteiger partial charge in [-0.1, -0.05) is 17.7 Å². The van der Waals surface area contributed by atoms with Gasteiger partial charge in [-0.2, -0.15) is 0 Å². The van der Waals surface area contributed by atoms with Gasteiger partial charge in [-0.05, 0) is 50.2 Å². The predicted octanol–water partition coefficient (Wildman–Crippen LogP) is 1.86. The van der Waals surface area contributed by atoms with Crippen molar-refractivity contribution in [3.63, 3.8) is 0 Å². The third kappa shape index (κ3) is 6.29. The number of benzene rings is 2. The fraction of sp³-hybridized carbons (Fsp3) is 0.348. The Kier molecular flexibility index (Phi) is 7.25. The SMILES string of the molecule is Cc1ccc(NC(=O)COc2ccc(N3C[C@H](C(=O)NC[C@@H](C)O)CC3=O)cc2)cc1. The molecule has 0 bridgehead atoms. The molecule has 1 fully saturated rings. The summed E-state index contributed by atoms with van der Waals surface area (Å²) in [7, 11) is 0. The van der Waals surface area contributed by atoms with Gasteiger partial charge in [-0.25, -0.2) is 0 Å². The zero-order valence-corrected chi connectivity index (χ0v) is 17.6. The summed E-state index contributed by atoms with van der Waals surface area (Å²) in [5.74, 6) is -0.596. The molecule has 1 heterocycles. The number of ether oxygens (including phenoxy) is 1. The standard InChI is InChI=1S/C23H27N3O5/c1-15-3-5-18(6-4-15)25-21(28)14-31-20-9-7-19(8-10-20)26-13-17(11-22(26)29)23(30)24-12-16(2)27/h3-10,16-17,27H,11-14H2,1-2H3,(H,24,30)(H,25,28)/t16-,17-/m1/s1. The van der Waals surface area contributed by atoms with Crippen LogP contribution in [0.15, 0.2) is 48.5 Å². The number of aliphatic hydroxyl groups excluding tert-OH is 1. The van der Waals surface area contributed by atoms with Crippen molar-refractivity contribution in [3.8, 4) is 5.75 Å². The summed E-state index contributed by atoms with van der Waals surface area (Å²) in [4.78, 5) is 38.1. The van der Waals surface area contributed by atoms with Crippen molar-refractivity contribution >= 4 is 29.1 Å². The van der Waals surface area contributed by atoms with E-state index in [1.807, 2.05) is 31.2 Å². The van der Waals surface area contributed by atoms with Gasteiger partial charge in [0.1, 0.15) is 5.75 Å². The van der Waals surface area contributed by atoms with Gasteiger partial charge in [-0.15, -0.1) is 0 Å². The van der Waals surface area contributed by atoms with Gasteiger partial charge in [0.2, 0.25) is 11.8 Å². The molecule has 0 spiro atoms. The molecule has 2 atom stereocenters. The minimum Gasteiger partial charge on any atom is -0.484 e. The first-order valence-corrected chi connectivity index (χ1v) is 10.2. The van der Waals surface area contributed by atoms with Gasteiger partial charge in [0.25, 0.3) is 5.91 Å². The van der Waals surface area contributed by atoms with E-state index in [2.05, 4.69) is 10.6 Å². The van der Waals surface area contributed by atoms with Crippen LogP contribution >= 0.6 is 0 Å². The monoisotopic (exact) mass is 425 g/mol. The maximum Gasteiger partial charge on any atom is 0.262 e. The average Bonchev–Trinajstić information content (AvgIpc) is 3.14. The lowest BCUT2D eigenvalue weighted by atomic mass is 10.1. The van der Waals surface area contributed by atoms with Gasteiger partial charge in [0.05, 0.1) is 12.0 Å². The highest BCUT2D eigenvalue weighted by Gasteiger charge is 2.35. The van der Waals surface area contributed by atoms with E-state index in [0.29, 0.717) is 17.1 Å². The molecule has 3 rings (SSSR count). The van der Waals surface area contributed by atoms with Gasteiger partial charge in [0.15, 0.2) is 6.61 Å². The molecule has 8 heteroatoms. The number of nitrogens with zero attached hydrogens (tertiary/aromatic N) is 1. The first-order chi connectivity index (χ1) is 14.8. The first-order valence-electron chi connectivity index (χ1n) is 10.2. The van der Waals surface area contributed by atoms with Crippen LogP contribution in [-0.4, -0.2) is 48.6 Å². The Morgan fingerprint density at radius 2 is 1.84 bits per heavy atom. The van der Waals surface area contributed by atoms with Crippen LogP contribution < -0.4 is 20.3 Å².